The topological polar surface area (TPSA) is 34.1 Å². The Labute approximate surface area is 131 Å². The largest absolute Gasteiger partial charge is 0.457 e. The maximum absolute atomic E-state index is 6.00. The average Bonchev–Trinajstić information content (AvgIpc) is 2.41. The number of nitrogens with zero attached hydrogens (tertiary/aromatic N) is 1. The minimum atomic E-state index is 0.612. The van der Waals surface area contributed by atoms with Gasteiger partial charge in [0.05, 0.1) is 0 Å². The Kier molecular flexibility index (Phi) is 5.59. The van der Waals surface area contributed by atoms with Gasteiger partial charge in [0.25, 0.3) is 0 Å². The van der Waals surface area contributed by atoms with Crippen LogP contribution in [0.2, 0.25) is 5.02 Å². The van der Waals surface area contributed by atoms with Gasteiger partial charge >= 0.3 is 0 Å². The molecule has 0 unspecified atom stereocenters. The molecule has 0 amide bonds. The van der Waals surface area contributed by atoms with Gasteiger partial charge in [-0.15, -0.1) is 0 Å². The van der Waals surface area contributed by atoms with Crippen LogP contribution in [0, 0.1) is 12.8 Å². The molecule has 1 N–H and O–H groups in total. The molecule has 1 heterocycles. The molecule has 0 saturated heterocycles. The SMILES string of the molecule is Cc1cc(Oc2cccc(Cl)c2)c(CNCC(C)C)cn1. The predicted molar refractivity (Wildman–Crippen MR) is 87.0 cm³/mol. The summed E-state index contributed by atoms with van der Waals surface area (Å²) in [6.07, 6.45) is 1.86. The Bertz CT molecular complexity index is 599. The van der Waals surface area contributed by atoms with Crippen LogP contribution in [-0.2, 0) is 6.54 Å². The fourth-order valence-electron chi connectivity index (χ4n) is 1.94. The molecule has 0 bridgehead atoms. The Morgan fingerprint density at radius 1 is 1.29 bits per heavy atom. The van der Waals surface area contributed by atoms with Gasteiger partial charge in [0.1, 0.15) is 11.5 Å². The molecule has 0 fully saturated rings. The Morgan fingerprint density at radius 2 is 2.10 bits per heavy atom. The number of rotatable bonds is 6. The maximum Gasteiger partial charge on any atom is 0.135 e. The lowest BCUT2D eigenvalue weighted by Crippen LogP contribution is -2.19. The van der Waals surface area contributed by atoms with Crippen molar-refractivity contribution in [1.29, 1.82) is 0 Å². The monoisotopic (exact) mass is 304 g/mol. The highest BCUT2D eigenvalue weighted by Crippen LogP contribution is 2.27. The lowest BCUT2D eigenvalue weighted by molar-refractivity contribution is 0.467. The molecule has 112 valence electrons. The molecule has 4 heteroatoms. The first-order valence-electron chi connectivity index (χ1n) is 7.14. The maximum atomic E-state index is 6.00. The normalized spacial score (nSPS) is 10.9. The molecule has 1 aromatic heterocycles. The van der Waals surface area contributed by atoms with Crippen molar-refractivity contribution in [3.05, 3.63) is 52.8 Å². The molecule has 2 rings (SSSR count). The van der Waals surface area contributed by atoms with Gasteiger partial charge in [0, 0.05) is 35.1 Å². The van der Waals surface area contributed by atoms with E-state index in [4.69, 9.17) is 16.3 Å². The third kappa shape index (κ3) is 5.03. The number of ether oxygens (including phenoxy) is 1. The van der Waals surface area contributed by atoms with Crippen molar-refractivity contribution in [2.24, 2.45) is 5.92 Å². The van der Waals surface area contributed by atoms with E-state index in [1.54, 1.807) is 0 Å². The first-order valence-corrected chi connectivity index (χ1v) is 7.52. The van der Waals surface area contributed by atoms with E-state index in [1.165, 1.54) is 0 Å². The third-order valence-corrected chi connectivity index (χ3v) is 3.21. The average molecular weight is 305 g/mol. The van der Waals surface area contributed by atoms with Gasteiger partial charge in [0.15, 0.2) is 0 Å². The number of halogens is 1. The fraction of sp³-hybridized carbons (Fsp3) is 0.353. The van der Waals surface area contributed by atoms with Gasteiger partial charge in [-0.1, -0.05) is 31.5 Å². The van der Waals surface area contributed by atoms with Crippen molar-refractivity contribution in [3.63, 3.8) is 0 Å². The number of nitrogens with one attached hydrogen (secondary N) is 1. The van der Waals surface area contributed by atoms with Crippen molar-refractivity contribution in [3.8, 4) is 11.5 Å². The van der Waals surface area contributed by atoms with Crippen LogP contribution in [0.1, 0.15) is 25.1 Å². The van der Waals surface area contributed by atoms with E-state index >= 15 is 0 Å². The van der Waals surface area contributed by atoms with Gasteiger partial charge < -0.3 is 10.1 Å². The van der Waals surface area contributed by atoms with Crippen molar-refractivity contribution in [2.75, 3.05) is 6.54 Å². The van der Waals surface area contributed by atoms with Crippen molar-refractivity contribution < 1.29 is 4.74 Å². The predicted octanol–water partition coefficient (Wildman–Crippen LogP) is 4.58. The van der Waals surface area contributed by atoms with Crippen LogP contribution < -0.4 is 10.1 Å². The van der Waals surface area contributed by atoms with Crippen molar-refractivity contribution >= 4 is 11.6 Å². The zero-order chi connectivity index (χ0) is 15.2. The Balaban J connectivity index is 2.15. The minimum absolute atomic E-state index is 0.612. The second kappa shape index (κ2) is 7.43. The highest BCUT2D eigenvalue weighted by Gasteiger charge is 2.07. The zero-order valence-corrected chi connectivity index (χ0v) is 13.4. The van der Waals surface area contributed by atoms with Gasteiger partial charge in [-0.25, -0.2) is 0 Å². The van der Waals surface area contributed by atoms with Crippen LogP contribution in [0.5, 0.6) is 11.5 Å². The molecule has 0 aliphatic carbocycles. The number of hydrogen-bond donors (Lipinski definition) is 1. The molecule has 0 atom stereocenters. The van der Waals surface area contributed by atoms with E-state index in [1.807, 2.05) is 43.5 Å². The summed E-state index contributed by atoms with van der Waals surface area (Å²) in [6.45, 7) is 8.02. The second-order valence-corrected chi connectivity index (χ2v) is 5.95. The van der Waals surface area contributed by atoms with Gasteiger partial charge in [0.2, 0.25) is 0 Å². The summed E-state index contributed by atoms with van der Waals surface area (Å²) in [5.41, 5.74) is 1.97. The van der Waals surface area contributed by atoms with E-state index in [-0.39, 0.29) is 0 Å². The molecular formula is C17H21ClN2O. The number of hydrogen-bond acceptors (Lipinski definition) is 3. The van der Waals surface area contributed by atoms with E-state index < -0.39 is 0 Å². The van der Waals surface area contributed by atoms with Crippen LogP contribution in [0.4, 0.5) is 0 Å². The van der Waals surface area contributed by atoms with Crippen LogP contribution in [0.3, 0.4) is 0 Å². The highest BCUT2D eigenvalue weighted by atomic mass is 35.5. The summed E-state index contributed by atoms with van der Waals surface area (Å²) in [6, 6.07) is 9.36. The lowest BCUT2D eigenvalue weighted by Gasteiger charge is -2.13. The lowest BCUT2D eigenvalue weighted by atomic mass is 10.2. The Morgan fingerprint density at radius 3 is 2.81 bits per heavy atom. The smallest absolute Gasteiger partial charge is 0.135 e. The van der Waals surface area contributed by atoms with E-state index in [2.05, 4.69) is 24.1 Å². The molecule has 0 saturated carbocycles. The first kappa shape index (κ1) is 15.8. The summed E-state index contributed by atoms with van der Waals surface area (Å²) in [7, 11) is 0. The fourth-order valence-corrected chi connectivity index (χ4v) is 2.12. The van der Waals surface area contributed by atoms with Gasteiger partial charge in [-0.05, 0) is 37.6 Å². The molecule has 21 heavy (non-hydrogen) atoms. The van der Waals surface area contributed by atoms with Crippen molar-refractivity contribution in [1.82, 2.24) is 10.3 Å². The van der Waals surface area contributed by atoms with E-state index in [9.17, 15) is 0 Å². The second-order valence-electron chi connectivity index (χ2n) is 5.52. The molecule has 0 aliphatic rings. The van der Waals surface area contributed by atoms with Crippen LogP contribution >= 0.6 is 11.6 Å². The molecule has 0 radical (unpaired) electrons. The van der Waals surface area contributed by atoms with Crippen LogP contribution in [0.15, 0.2) is 36.5 Å². The third-order valence-electron chi connectivity index (χ3n) is 2.97. The first-order chi connectivity index (χ1) is 10.0. The van der Waals surface area contributed by atoms with E-state index in [0.29, 0.717) is 10.9 Å². The van der Waals surface area contributed by atoms with Crippen LogP contribution in [-0.4, -0.2) is 11.5 Å². The molecule has 1 aromatic carbocycles. The van der Waals surface area contributed by atoms with Crippen molar-refractivity contribution in [2.45, 2.75) is 27.3 Å². The molecule has 3 nitrogen and oxygen atoms in total. The summed E-state index contributed by atoms with van der Waals surface area (Å²) in [4.78, 5) is 4.35. The number of aromatic nitrogens is 1. The summed E-state index contributed by atoms with van der Waals surface area (Å²) < 4.78 is 5.96. The van der Waals surface area contributed by atoms with Gasteiger partial charge in [-0.3, -0.25) is 4.98 Å². The van der Waals surface area contributed by atoms with Crippen LogP contribution in [0.25, 0.3) is 0 Å². The number of aryl methyl sites for hydroxylation is 1. The highest BCUT2D eigenvalue weighted by molar-refractivity contribution is 6.30. The Hall–Kier alpha value is -1.58. The molecule has 0 spiro atoms. The molecule has 2 aromatic rings. The molecule has 0 aliphatic heterocycles. The zero-order valence-electron chi connectivity index (χ0n) is 12.7. The minimum Gasteiger partial charge on any atom is -0.457 e. The quantitative estimate of drug-likeness (QED) is 0.848. The summed E-state index contributed by atoms with van der Waals surface area (Å²) in [5, 5.41) is 4.08. The summed E-state index contributed by atoms with van der Waals surface area (Å²) >= 11 is 6.00. The van der Waals surface area contributed by atoms with Gasteiger partial charge in [-0.2, -0.15) is 0 Å². The molecular weight excluding hydrogens is 284 g/mol. The number of pyridine rings is 1. The summed E-state index contributed by atoms with van der Waals surface area (Å²) in [5.74, 6) is 2.17. The standard InChI is InChI=1S/C17H21ClN2O/c1-12(2)9-19-10-14-11-20-13(3)7-17(14)21-16-6-4-5-15(18)8-16/h4-8,11-12,19H,9-10H2,1-3H3. The van der Waals surface area contributed by atoms with E-state index in [0.717, 1.165) is 35.8 Å². The number of benzene rings is 1.